The average Bonchev–Trinajstić information content (AvgIpc) is 2.24. The summed E-state index contributed by atoms with van der Waals surface area (Å²) >= 11 is 0. The summed E-state index contributed by atoms with van der Waals surface area (Å²) in [5.74, 6) is -0.397. The van der Waals surface area contributed by atoms with Crippen LogP contribution in [-0.2, 0) is 9.59 Å². The van der Waals surface area contributed by atoms with Gasteiger partial charge in [0.1, 0.15) is 6.04 Å². The van der Waals surface area contributed by atoms with E-state index < -0.39 is 12.1 Å². The van der Waals surface area contributed by atoms with Crippen molar-refractivity contribution in [2.75, 3.05) is 6.54 Å². The lowest BCUT2D eigenvalue weighted by atomic mass is 10.0. The topological polar surface area (TPSA) is 84.2 Å². The van der Waals surface area contributed by atoms with Crippen LogP contribution in [0.25, 0.3) is 0 Å². The van der Waals surface area contributed by atoms with Crippen molar-refractivity contribution in [3.63, 3.8) is 0 Å². The standard InChI is InChI=1S/C11H23N3O2/c1-5-6-13-10(15)8(4)14-11(16)9(12)7(2)3/h7-9H,5-6,12H2,1-4H3,(H,13,15)(H,14,16)/t8?,9-/m0/s1. The van der Waals surface area contributed by atoms with Crippen LogP contribution < -0.4 is 16.4 Å². The fourth-order valence-electron chi connectivity index (χ4n) is 1.08. The smallest absolute Gasteiger partial charge is 0.242 e. The van der Waals surface area contributed by atoms with Crippen molar-refractivity contribution >= 4 is 11.8 Å². The number of rotatable bonds is 6. The molecule has 0 rings (SSSR count). The van der Waals surface area contributed by atoms with Gasteiger partial charge < -0.3 is 16.4 Å². The summed E-state index contributed by atoms with van der Waals surface area (Å²) in [6.45, 7) is 7.97. The Morgan fingerprint density at radius 2 is 1.75 bits per heavy atom. The molecule has 2 atom stereocenters. The van der Waals surface area contributed by atoms with Crippen LogP contribution in [0.1, 0.15) is 34.1 Å². The van der Waals surface area contributed by atoms with Gasteiger partial charge >= 0.3 is 0 Å². The van der Waals surface area contributed by atoms with Crippen LogP contribution >= 0.6 is 0 Å². The van der Waals surface area contributed by atoms with Crippen molar-refractivity contribution < 1.29 is 9.59 Å². The molecule has 0 aromatic rings. The maximum atomic E-state index is 11.6. The number of nitrogens with two attached hydrogens (primary N) is 1. The van der Waals surface area contributed by atoms with Crippen LogP contribution in [0, 0.1) is 5.92 Å². The van der Waals surface area contributed by atoms with E-state index in [0.29, 0.717) is 6.54 Å². The van der Waals surface area contributed by atoms with Crippen molar-refractivity contribution in [1.82, 2.24) is 10.6 Å². The zero-order chi connectivity index (χ0) is 12.7. The Kier molecular flexibility index (Phi) is 6.72. The zero-order valence-corrected chi connectivity index (χ0v) is 10.5. The first-order valence-electron chi connectivity index (χ1n) is 5.73. The summed E-state index contributed by atoms with van der Waals surface area (Å²) in [7, 11) is 0. The molecular formula is C11H23N3O2. The minimum Gasteiger partial charge on any atom is -0.354 e. The Morgan fingerprint density at radius 3 is 2.19 bits per heavy atom. The maximum absolute atomic E-state index is 11.6. The van der Waals surface area contributed by atoms with Gasteiger partial charge in [0.15, 0.2) is 0 Å². The Hall–Kier alpha value is -1.10. The van der Waals surface area contributed by atoms with Gasteiger partial charge in [-0.15, -0.1) is 0 Å². The third-order valence-electron chi connectivity index (χ3n) is 2.32. The molecule has 0 aromatic heterocycles. The quantitative estimate of drug-likeness (QED) is 0.599. The lowest BCUT2D eigenvalue weighted by Crippen LogP contribution is -2.51. The fourth-order valence-corrected chi connectivity index (χ4v) is 1.08. The number of nitrogens with one attached hydrogen (secondary N) is 2. The van der Waals surface area contributed by atoms with Gasteiger partial charge in [-0.05, 0) is 19.3 Å². The highest BCUT2D eigenvalue weighted by Crippen LogP contribution is 1.98. The Balaban J connectivity index is 4.08. The van der Waals surface area contributed by atoms with Crippen LogP contribution in [0.15, 0.2) is 0 Å². The molecule has 0 saturated heterocycles. The van der Waals surface area contributed by atoms with Gasteiger partial charge in [0.25, 0.3) is 0 Å². The molecule has 0 aliphatic heterocycles. The summed E-state index contributed by atoms with van der Waals surface area (Å²) < 4.78 is 0. The van der Waals surface area contributed by atoms with Crippen LogP contribution in [0.2, 0.25) is 0 Å². The molecule has 0 radical (unpaired) electrons. The Bertz CT molecular complexity index is 241. The first-order chi connectivity index (χ1) is 7.40. The third kappa shape index (κ3) is 5.11. The van der Waals surface area contributed by atoms with Gasteiger partial charge in [0.05, 0.1) is 6.04 Å². The number of amides is 2. The zero-order valence-electron chi connectivity index (χ0n) is 10.5. The van der Waals surface area contributed by atoms with E-state index in [0.717, 1.165) is 6.42 Å². The van der Waals surface area contributed by atoms with Crippen LogP contribution in [0.4, 0.5) is 0 Å². The van der Waals surface area contributed by atoms with E-state index in [1.807, 2.05) is 20.8 Å². The van der Waals surface area contributed by atoms with Gasteiger partial charge in [-0.25, -0.2) is 0 Å². The SMILES string of the molecule is CCCNC(=O)C(C)NC(=O)[C@@H](N)C(C)C. The summed E-state index contributed by atoms with van der Waals surface area (Å²) in [4.78, 5) is 23.0. The van der Waals surface area contributed by atoms with Crippen molar-refractivity contribution in [3.8, 4) is 0 Å². The van der Waals surface area contributed by atoms with Crippen molar-refractivity contribution in [3.05, 3.63) is 0 Å². The fraction of sp³-hybridized carbons (Fsp3) is 0.818. The first-order valence-corrected chi connectivity index (χ1v) is 5.73. The maximum Gasteiger partial charge on any atom is 0.242 e. The van der Waals surface area contributed by atoms with Gasteiger partial charge in [-0.1, -0.05) is 20.8 Å². The predicted octanol–water partition coefficient (Wildman–Crippen LogP) is 0.000600. The number of carbonyl (C=O) groups excluding carboxylic acids is 2. The molecule has 5 heteroatoms. The van der Waals surface area contributed by atoms with E-state index in [-0.39, 0.29) is 17.7 Å². The molecular weight excluding hydrogens is 206 g/mol. The van der Waals surface area contributed by atoms with E-state index in [9.17, 15) is 9.59 Å². The third-order valence-corrected chi connectivity index (χ3v) is 2.32. The summed E-state index contributed by atoms with van der Waals surface area (Å²) in [5, 5.41) is 5.30. The minimum absolute atomic E-state index is 0.0610. The highest BCUT2D eigenvalue weighted by atomic mass is 16.2. The van der Waals surface area contributed by atoms with Crippen molar-refractivity contribution in [2.45, 2.75) is 46.2 Å². The molecule has 4 N–H and O–H groups in total. The van der Waals surface area contributed by atoms with E-state index >= 15 is 0 Å². The van der Waals surface area contributed by atoms with Crippen LogP contribution in [0.5, 0.6) is 0 Å². The van der Waals surface area contributed by atoms with Gasteiger partial charge in [0.2, 0.25) is 11.8 Å². The van der Waals surface area contributed by atoms with E-state index in [4.69, 9.17) is 5.73 Å². The second-order valence-electron chi connectivity index (χ2n) is 4.29. The van der Waals surface area contributed by atoms with E-state index in [1.165, 1.54) is 0 Å². The lowest BCUT2D eigenvalue weighted by Gasteiger charge is -2.19. The molecule has 94 valence electrons. The molecule has 2 amide bonds. The highest BCUT2D eigenvalue weighted by Gasteiger charge is 2.21. The summed E-state index contributed by atoms with van der Waals surface area (Å²) in [6, 6.07) is -1.11. The highest BCUT2D eigenvalue weighted by molar-refractivity contribution is 5.89. The van der Waals surface area contributed by atoms with E-state index in [2.05, 4.69) is 10.6 Å². The molecule has 0 saturated carbocycles. The van der Waals surface area contributed by atoms with Gasteiger partial charge in [-0.2, -0.15) is 0 Å². The molecule has 5 nitrogen and oxygen atoms in total. The number of hydrogen-bond acceptors (Lipinski definition) is 3. The minimum atomic E-state index is -0.568. The summed E-state index contributed by atoms with van der Waals surface area (Å²) in [6.07, 6.45) is 0.873. The number of carbonyl (C=O) groups is 2. The molecule has 16 heavy (non-hydrogen) atoms. The molecule has 1 unspecified atom stereocenters. The normalized spacial score (nSPS) is 14.4. The second-order valence-corrected chi connectivity index (χ2v) is 4.29. The monoisotopic (exact) mass is 229 g/mol. The first kappa shape index (κ1) is 14.9. The van der Waals surface area contributed by atoms with Gasteiger partial charge in [-0.3, -0.25) is 9.59 Å². The molecule has 0 fully saturated rings. The molecule has 0 spiro atoms. The molecule has 0 aromatic carbocycles. The van der Waals surface area contributed by atoms with Crippen molar-refractivity contribution in [1.29, 1.82) is 0 Å². The van der Waals surface area contributed by atoms with Crippen molar-refractivity contribution in [2.24, 2.45) is 11.7 Å². The molecule has 0 aliphatic rings. The lowest BCUT2D eigenvalue weighted by molar-refractivity contribution is -0.129. The number of hydrogen-bond donors (Lipinski definition) is 3. The Labute approximate surface area is 97.2 Å². The Morgan fingerprint density at radius 1 is 1.19 bits per heavy atom. The molecule has 0 bridgehead atoms. The average molecular weight is 229 g/mol. The van der Waals surface area contributed by atoms with E-state index in [1.54, 1.807) is 6.92 Å². The van der Waals surface area contributed by atoms with Crippen LogP contribution in [-0.4, -0.2) is 30.4 Å². The second kappa shape index (κ2) is 7.22. The predicted molar refractivity (Wildman–Crippen MR) is 63.7 cm³/mol. The largest absolute Gasteiger partial charge is 0.354 e. The summed E-state index contributed by atoms with van der Waals surface area (Å²) in [5.41, 5.74) is 5.66. The molecule has 0 heterocycles. The molecule has 0 aliphatic carbocycles. The van der Waals surface area contributed by atoms with Crippen LogP contribution in [0.3, 0.4) is 0 Å². The van der Waals surface area contributed by atoms with Gasteiger partial charge in [0, 0.05) is 6.54 Å².